The first-order chi connectivity index (χ1) is 9.11. The van der Waals surface area contributed by atoms with Gasteiger partial charge in [0.25, 0.3) is 0 Å². The topological polar surface area (TPSA) is 142 Å². The normalized spacial score (nSPS) is 11.3. The van der Waals surface area contributed by atoms with Gasteiger partial charge in [-0.1, -0.05) is 6.42 Å². The Morgan fingerprint density at radius 2 is 1.84 bits per heavy atom. The molecule has 0 aliphatic carbocycles. The number of aromatic nitrogens is 3. The van der Waals surface area contributed by atoms with Crippen LogP contribution >= 0.6 is 0 Å². The van der Waals surface area contributed by atoms with Crippen LogP contribution in [0.25, 0.3) is 0 Å². The Kier molecular flexibility index (Phi) is 10.5. The van der Waals surface area contributed by atoms with Gasteiger partial charge in [-0.3, -0.25) is 4.79 Å². The van der Waals surface area contributed by atoms with Gasteiger partial charge in [-0.05, 0) is 12.8 Å². The van der Waals surface area contributed by atoms with Crippen molar-refractivity contribution in [3.63, 3.8) is 0 Å². The Bertz CT molecular complexity index is 337. The van der Waals surface area contributed by atoms with Crippen molar-refractivity contribution in [3.05, 3.63) is 18.5 Å². The molecule has 0 aliphatic heterocycles. The number of carboxylic acid groups (broad SMARTS) is 1. The third-order valence-electron chi connectivity index (χ3n) is 2.12. The Labute approximate surface area is 111 Å². The van der Waals surface area contributed by atoms with Gasteiger partial charge in [0.2, 0.25) is 0 Å². The maximum Gasteiger partial charge on any atom is 0.322 e. The zero-order valence-electron chi connectivity index (χ0n) is 10.6. The Balaban J connectivity index is 0.000000399. The first-order valence-corrected chi connectivity index (χ1v) is 5.92. The van der Waals surface area contributed by atoms with E-state index in [2.05, 4.69) is 15.0 Å². The molecule has 1 atom stereocenters. The van der Waals surface area contributed by atoms with E-state index in [0.29, 0.717) is 0 Å². The first kappa shape index (κ1) is 17.4. The molecule has 0 unspecified atom stereocenters. The molecule has 0 fully saturated rings. The van der Waals surface area contributed by atoms with Crippen LogP contribution in [0.15, 0.2) is 12.7 Å². The van der Waals surface area contributed by atoms with Gasteiger partial charge in [0.05, 0.1) is 6.61 Å². The van der Waals surface area contributed by atoms with E-state index in [4.69, 9.17) is 21.1 Å². The van der Waals surface area contributed by atoms with E-state index in [1.54, 1.807) is 0 Å². The number of rotatable bonds is 7. The van der Waals surface area contributed by atoms with Gasteiger partial charge in [0, 0.05) is 13.0 Å². The summed E-state index contributed by atoms with van der Waals surface area (Å²) in [7, 11) is 0. The molecule has 1 heterocycles. The van der Waals surface area contributed by atoms with Crippen LogP contribution in [-0.2, 0) is 11.2 Å². The fourth-order valence-electron chi connectivity index (χ4n) is 1.04. The average molecular weight is 272 g/mol. The summed E-state index contributed by atoms with van der Waals surface area (Å²) in [5.74, 6) is -0.342. The number of nitrogens with zero attached hydrogens (tertiary/aromatic N) is 3. The molecule has 0 spiro atoms. The van der Waals surface area contributed by atoms with Crippen LogP contribution in [0.1, 0.15) is 25.1 Å². The van der Waals surface area contributed by atoms with E-state index in [1.165, 1.54) is 12.7 Å². The number of aryl methyl sites for hydroxylation is 1. The number of hydrogen-bond acceptors (Lipinski definition) is 7. The lowest BCUT2D eigenvalue weighted by molar-refractivity contribution is -0.139. The zero-order valence-corrected chi connectivity index (χ0v) is 10.6. The van der Waals surface area contributed by atoms with Crippen molar-refractivity contribution in [3.8, 4) is 0 Å². The highest BCUT2D eigenvalue weighted by Crippen LogP contribution is 1.99. The smallest absolute Gasteiger partial charge is 0.322 e. The molecule has 0 radical (unpaired) electrons. The molecule has 19 heavy (non-hydrogen) atoms. The molecular formula is C11H20N4O4. The number of carboxylic acids is 1. The van der Waals surface area contributed by atoms with Gasteiger partial charge in [0.1, 0.15) is 24.5 Å². The van der Waals surface area contributed by atoms with Crippen molar-refractivity contribution in [1.29, 1.82) is 0 Å². The number of nitrogens with two attached hydrogens (primary N) is 1. The van der Waals surface area contributed by atoms with Crippen molar-refractivity contribution in [2.75, 3.05) is 13.2 Å². The Morgan fingerprint density at radius 1 is 1.21 bits per heavy atom. The highest BCUT2D eigenvalue weighted by Gasteiger charge is 2.07. The van der Waals surface area contributed by atoms with Crippen molar-refractivity contribution < 1.29 is 20.1 Å². The number of aliphatic hydroxyl groups excluding tert-OH is 2. The number of aliphatic carboxylic acids is 1. The molecule has 0 amide bonds. The Hall–Kier alpha value is -1.64. The largest absolute Gasteiger partial charge is 0.480 e. The van der Waals surface area contributed by atoms with E-state index in [9.17, 15) is 4.79 Å². The van der Waals surface area contributed by atoms with Gasteiger partial charge in [0.15, 0.2) is 0 Å². The van der Waals surface area contributed by atoms with Crippen molar-refractivity contribution >= 4 is 5.97 Å². The molecule has 0 aliphatic rings. The molecule has 0 saturated heterocycles. The van der Waals surface area contributed by atoms with E-state index < -0.39 is 18.6 Å². The van der Waals surface area contributed by atoms with Crippen LogP contribution in [0, 0.1) is 0 Å². The monoisotopic (exact) mass is 272 g/mol. The molecule has 0 aromatic carbocycles. The standard InChI is InChI=1S/C8H13N3O.C3H7NO3/c12-5-3-1-2-4-8-10-6-9-7-11-8;4-2(1-5)3(6)7/h6-7,12H,1-5H2;2,5H,1,4H2,(H,6,7)/t;2-/m.0/s1. The summed E-state index contributed by atoms with van der Waals surface area (Å²) in [5, 5.41) is 24.4. The molecule has 1 aromatic heterocycles. The molecule has 108 valence electrons. The molecule has 8 nitrogen and oxygen atoms in total. The van der Waals surface area contributed by atoms with Gasteiger partial charge in [-0.25, -0.2) is 15.0 Å². The van der Waals surface area contributed by atoms with Crippen LogP contribution in [0.3, 0.4) is 0 Å². The fourth-order valence-corrected chi connectivity index (χ4v) is 1.04. The molecule has 0 bridgehead atoms. The second-order valence-electron chi connectivity index (χ2n) is 3.72. The summed E-state index contributed by atoms with van der Waals surface area (Å²) in [6.45, 7) is -0.230. The van der Waals surface area contributed by atoms with E-state index in [1.807, 2.05) is 0 Å². The maximum atomic E-state index is 9.65. The predicted molar refractivity (Wildman–Crippen MR) is 67.2 cm³/mol. The number of unbranched alkanes of at least 4 members (excludes halogenated alkanes) is 2. The Morgan fingerprint density at radius 3 is 2.26 bits per heavy atom. The summed E-state index contributed by atoms with van der Waals surface area (Å²) in [6, 6.07) is -1.13. The highest BCUT2D eigenvalue weighted by atomic mass is 16.4. The molecule has 0 saturated carbocycles. The van der Waals surface area contributed by atoms with Gasteiger partial charge in [-0.2, -0.15) is 0 Å². The lowest BCUT2D eigenvalue weighted by atomic mass is 10.2. The summed E-state index contributed by atoms with van der Waals surface area (Å²) >= 11 is 0. The minimum atomic E-state index is -1.18. The molecule has 8 heteroatoms. The second kappa shape index (κ2) is 11.5. The molecular weight excluding hydrogens is 252 g/mol. The molecule has 1 rings (SSSR count). The maximum absolute atomic E-state index is 9.65. The second-order valence-corrected chi connectivity index (χ2v) is 3.72. The fraction of sp³-hybridized carbons (Fsp3) is 0.636. The SMILES string of the molecule is N[C@@H](CO)C(=O)O.OCCCCCc1ncncn1. The van der Waals surface area contributed by atoms with Crippen LogP contribution in [-0.4, -0.2) is 55.5 Å². The summed E-state index contributed by atoms with van der Waals surface area (Å²) in [6.07, 6.45) is 6.82. The lowest BCUT2D eigenvalue weighted by Gasteiger charge is -1.97. The van der Waals surface area contributed by atoms with E-state index in [-0.39, 0.29) is 6.61 Å². The summed E-state index contributed by atoms with van der Waals surface area (Å²) in [5.41, 5.74) is 4.77. The van der Waals surface area contributed by atoms with Crippen molar-refractivity contribution in [1.82, 2.24) is 15.0 Å². The van der Waals surface area contributed by atoms with Crippen LogP contribution in [0.5, 0.6) is 0 Å². The van der Waals surface area contributed by atoms with Gasteiger partial charge < -0.3 is 21.1 Å². The van der Waals surface area contributed by atoms with Crippen LogP contribution in [0.2, 0.25) is 0 Å². The zero-order chi connectivity index (χ0) is 14.5. The van der Waals surface area contributed by atoms with Gasteiger partial charge >= 0.3 is 5.97 Å². The van der Waals surface area contributed by atoms with E-state index in [0.717, 1.165) is 31.5 Å². The summed E-state index contributed by atoms with van der Waals surface area (Å²) < 4.78 is 0. The van der Waals surface area contributed by atoms with Gasteiger partial charge in [-0.15, -0.1) is 0 Å². The van der Waals surface area contributed by atoms with Crippen molar-refractivity contribution in [2.45, 2.75) is 31.7 Å². The predicted octanol–water partition coefficient (Wildman–Crippen LogP) is -1.03. The van der Waals surface area contributed by atoms with Crippen molar-refractivity contribution in [2.24, 2.45) is 5.73 Å². The van der Waals surface area contributed by atoms with Crippen LogP contribution < -0.4 is 5.73 Å². The minimum Gasteiger partial charge on any atom is -0.480 e. The molecule has 5 N–H and O–H groups in total. The van der Waals surface area contributed by atoms with E-state index >= 15 is 0 Å². The average Bonchev–Trinajstić information content (AvgIpc) is 2.44. The lowest BCUT2D eigenvalue weighted by Crippen LogP contribution is -2.33. The summed E-state index contributed by atoms with van der Waals surface area (Å²) in [4.78, 5) is 21.4. The number of carbonyl (C=O) groups is 1. The number of aliphatic hydroxyl groups is 2. The quantitative estimate of drug-likeness (QED) is 0.461. The third kappa shape index (κ3) is 10.0. The highest BCUT2D eigenvalue weighted by molar-refractivity contribution is 5.73. The first-order valence-electron chi connectivity index (χ1n) is 5.92. The molecule has 1 aromatic rings. The van der Waals surface area contributed by atoms with Crippen LogP contribution in [0.4, 0.5) is 0 Å². The minimum absolute atomic E-state index is 0.275. The number of hydrogen-bond donors (Lipinski definition) is 4. The third-order valence-corrected chi connectivity index (χ3v) is 2.12.